The number of pyridine rings is 1. The van der Waals surface area contributed by atoms with Crippen molar-refractivity contribution in [3.05, 3.63) is 76.7 Å². The number of rotatable bonds is 12. The van der Waals surface area contributed by atoms with Gasteiger partial charge in [0.2, 0.25) is 0 Å². The molecule has 2 aromatic carbocycles. The van der Waals surface area contributed by atoms with Gasteiger partial charge in [-0.05, 0) is 78.1 Å². The molecule has 2 amide bonds. The van der Waals surface area contributed by atoms with Gasteiger partial charge in [-0.25, -0.2) is 9.18 Å². The Morgan fingerprint density at radius 2 is 1.84 bits per heavy atom. The van der Waals surface area contributed by atoms with E-state index in [1.165, 1.54) is 12.1 Å². The number of aliphatic hydroxyl groups is 3. The molecule has 0 radical (unpaired) electrons. The van der Waals surface area contributed by atoms with Gasteiger partial charge in [-0.1, -0.05) is 44.2 Å². The van der Waals surface area contributed by atoms with Gasteiger partial charge in [-0.15, -0.1) is 0 Å². The van der Waals surface area contributed by atoms with Crippen LogP contribution in [-0.2, 0) is 17.6 Å². The van der Waals surface area contributed by atoms with E-state index < -0.39 is 24.6 Å². The highest BCUT2D eigenvalue weighted by molar-refractivity contribution is 5.91. The van der Waals surface area contributed by atoms with E-state index >= 15 is 0 Å². The number of anilines is 1. The van der Waals surface area contributed by atoms with Gasteiger partial charge < -0.3 is 31.1 Å². The molecule has 4 rings (SSSR count). The van der Waals surface area contributed by atoms with Crippen molar-refractivity contribution in [1.29, 1.82) is 0 Å². The summed E-state index contributed by atoms with van der Waals surface area (Å²) in [5, 5.41) is 44.2. The van der Waals surface area contributed by atoms with Gasteiger partial charge in [-0.2, -0.15) is 0 Å². The number of carbonyl (C=O) groups excluding carboxylic acids is 1. The molecule has 0 aliphatic heterocycles. The van der Waals surface area contributed by atoms with E-state index in [0.717, 1.165) is 57.6 Å². The lowest BCUT2D eigenvalue weighted by molar-refractivity contribution is -0.139. The Hall–Kier alpha value is -4.12. The zero-order valence-electron chi connectivity index (χ0n) is 25.0. The molecule has 0 fully saturated rings. The quantitative estimate of drug-likeness (QED) is 0.154. The summed E-state index contributed by atoms with van der Waals surface area (Å²) in [6, 6.07) is 11.7. The summed E-state index contributed by atoms with van der Waals surface area (Å²) < 4.78 is 14.0. The molecule has 234 valence electrons. The summed E-state index contributed by atoms with van der Waals surface area (Å²) in [5.74, 6) is -1.53. The van der Waals surface area contributed by atoms with Crippen LogP contribution >= 0.6 is 0 Å². The number of aliphatic carboxylic acids is 1. The van der Waals surface area contributed by atoms with Crippen LogP contribution in [0.25, 0.3) is 28.5 Å². The second-order valence-electron chi connectivity index (χ2n) is 11.4. The van der Waals surface area contributed by atoms with E-state index in [4.69, 9.17) is 15.2 Å². The number of aromatic nitrogens is 1. The third-order valence-electron chi connectivity index (χ3n) is 7.57. The van der Waals surface area contributed by atoms with Crippen LogP contribution in [0.2, 0.25) is 0 Å². The van der Waals surface area contributed by atoms with E-state index in [-0.39, 0.29) is 30.8 Å². The molecular weight excluding hydrogens is 565 g/mol. The van der Waals surface area contributed by atoms with Gasteiger partial charge in [0.1, 0.15) is 5.82 Å². The first kappa shape index (κ1) is 32.8. The number of carboxylic acids is 1. The number of hydrogen-bond acceptors (Lipinski definition) is 6. The highest BCUT2D eigenvalue weighted by atomic mass is 19.1. The molecule has 1 aliphatic rings. The van der Waals surface area contributed by atoms with E-state index in [9.17, 15) is 24.2 Å². The monoisotopic (exact) mass is 605 g/mol. The SMILES string of the molecule is CC(C)c1nc2c(c(-c3ccc(F)cc3)c1/C=C/[C@@H](O)C[C@@H](O)CC(=O)O)CCCc1cc(NC(=O)NCCCO)ccc1-2. The number of aryl methyl sites for hydroxylation is 1. The number of nitrogens with one attached hydrogen (secondary N) is 2. The molecule has 9 nitrogen and oxygen atoms in total. The van der Waals surface area contributed by atoms with Crippen molar-refractivity contribution in [2.75, 3.05) is 18.5 Å². The van der Waals surface area contributed by atoms with E-state index in [1.54, 1.807) is 24.3 Å². The van der Waals surface area contributed by atoms with Crippen molar-refractivity contribution in [2.45, 2.75) is 70.5 Å². The number of hydrogen-bond donors (Lipinski definition) is 6. The van der Waals surface area contributed by atoms with Crippen LogP contribution in [0.15, 0.2) is 48.5 Å². The summed E-state index contributed by atoms with van der Waals surface area (Å²) in [7, 11) is 0. The average Bonchev–Trinajstić information content (AvgIpc) is 3.14. The number of carbonyl (C=O) groups is 2. The Morgan fingerprint density at radius 1 is 1.09 bits per heavy atom. The molecule has 1 heterocycles. The number of fused-ring (bicyclic) bond motifs is 3. The van der Waals surface area contributed by atoms with E-state index in [0.29, 0.717) is 25.1 Å². The Labute approximate surface area is 256 Å². The van der Waals surface area contributed by atoms with Gasteiger partial charge in [-0.3, -0.25) is 9.78 Å². The van der Waals surface area contributed by atoms with E-state index in [1.807, 2.05) is 32.0 Å². The fourth-order valence-electron chi connectivity index (χ4n) is 5.55. The largest absolute Gasteiger partial charge is 0.481 e. The van der Waals surface area contributed by atoms with E-state index in [2.05, 4.69) is 10.6 Å². The van der Waals surface area contributed by atoms with Gasteiger partial charge >= 0.3 is 12.0 Å². The fraction of sp³-hybridized carbons (Fsp3) is 0.382. The van der Waals surface area contributed by atoms with Crippen LogP contribution in [-0.4, -0.2) is 62.8 Å². The smallest absolute Gasteiger partial charge is 0.319 e. The summed E-state index contributed by atoms with van der Waals surface area (Å²) in [4.78, 5) is 28.5. The molecule has 3 aromatic rings. The van der Waals surface area contributed by atoms with Gasteiger partial charge in [0.15, 0.2) is 0 Å². The molecule has 44 heavy (non-hydrogen) atoms. The molecule has 0 unspecified atom stereocenters. The second kappa shape index (κ2) is 15.1. The summed E-state index contributed by atoms with van der Waals surface area (Å²) >= 11 is 0. The average molecular weight is 606 g/mol. The van der Waals surface area contributed by atoms with Crippen LogP contribution in [0.3, 0.4) is 0 Å². The lowest BCUT2D eigenvalue weighted by Crippen LogP contribution is -2.29. The Kier molecular flexibility index (Phi) is 11.2. The first-order valence-electron chi connectivity index (χ1n) is 14.9. The zero-order valence-corrected chi connectivity index (χ0v) is 25.0. The van der Waals surface area contributed by atoms with Crippen molar-refractivity contribution < 1.29 is 34.4 Å². The second-order valence-corrected chi connectivity index (χ2v) is 11.4. The molecule has 1 aliphatic carbocycles. The van der Waals surface area contributed by atoms with Crippen LogP contribution < -0.4 is 10.6 Å². The third-order valence-corrected chi connectivity index (χ3v) is 7.57. The van der Waals surface area contributed by atoms with Crippen LogP contribution in [0.1, 0.15) is 67.8 Å². The maximum atomic E-state index is 14.0. The number of urea groups is 1. The highest BCUT2D eigenvalue weighted by Gasteiger charge is 2.26. The Bertz CT molecular complexity index is 1510. The van der Waals surface area contributed by atoms with Crippen molar-refractivity contribution in [1.82, 2.24) is 10.3 Å². The first-order valence-corrected chi connectivity index (χ1v) is 14.9. The minimum absolute atomic E-state index is 0.00217. The normalized spacial score (nSPS) is 14.1. The summed E-state index contributed by atoms with van der Waals surface area (Å²) in [6.07, 6.45) is 3.15. The summed E-state index contributed by atoms with van der Waals surface area (Å²) in [6.45, 7) is 4.41. The molecule has 0 spiro atoms. The van der Waals surface area contributed by atoms with Gasteiger partial charge in [0, 0.05) is 36.4 Å². The topological polar surface area (TPSA) is 152 Å². The molecular formula is C34H40FN3O6. The van der Waals surface area contributed by atoms with Gasteiger partial charge in [0.05, 0.1) is 30.0 Å². The highest BCUT2D eigenvalue weighted by Crippen LogP contribution is 2.42. The van der Waals surface area contributed by atoms with Crippen LogP contribution in [0, 0.1) is 5.82 Å². The molecule has 0 saturated heterocycles. The minimum Gasteiger partial charge on any atom is -0.481 e. The molecule has 1 aromatic heterocycles. The molecule has 0 saturated carbocycles. The predicted octanol–water partition coefficient (Wildman–Crippen LogP) is 5.27. The maximum Gasteiger partial charge on any atom is 0.319 e. The van der Waals surface area contributed by atoms with Crippen molar-refractivity contribution in [3.63, 3.8) is 0 Å². The first-order chi connectivity index (χ1) is 21.1. The minimum atomic E-state index is -1.19. The lowest BCUT2D eigenvalue weighted by Gasteiger charge is -2.22. The zero-order chi connectivity index (χ0) is 31.8. The van der Waals surface area contributed by atoms with Crippen molar-refractivity contribution in [3.8, 4) is 22.4 Å². The molecule has 2 atom stereocenters. The predicted molar refractivity (Wildman–Crippen MR) is 168 cm³/mol. The third kappa shape index (κ3) is 8.28. The molecule has 6 N–H and O–H groups in total. The van der Waals surface area contributed by atoms with Crippen molar-refractivity contribution in [2.24, 2.45) is 0 Å². The molecule has 10 heteroatoms. The number of halogens is 1. The number of nitrogens with zero attached hydrogens (tertiary/aromatic N) is 1. The number of carboxylic acid groups (broad SMARTS) is 1. The maximum absolute atomic E-state index is 14.0. The lowest BCUT2D eigenvalue weighted by atomic mass is 9.86. The number of benzene rings is 2. The van der Waals surface area contributed by atoms with Gasteiger partial charge in [0.25, 0.3) is 0 Å². The van der Waals surface area contributed by atoms with Crippen LogP contribution in [0.5, 0.6) is 0 Å². The van der Waals surface area contributed by atoms with Crippen molar-refractivity contribution >= 4 is 23.8 Å². The standard InChI is InChI=1S/C34H40FN3O6/c1-20(2)32-29(14-12-25(40)18-26(41)19-30(42)43)31(21-7-9-23(35)10-8-21)28-6-3-5-22-17-24(11-13-27(22)33(28)38-32)37-34(44)36-15-4-16-39/h7-14,17,20,25-26,39-41H,3-6,15-16,18-19H2,1-2H3,(H,42,43)(H2,36,37,44)/b14-12+/t25-,26-/m1/s1. The fourth-order valence-corrected chi connectivity index (χ4v) is 5.55. The Balaban J connectivity index is 1.81. The number of aliphatic hydroxyl groups excluding tert-OH is 3. The van der Waals surface area contributed by atoms with Crippen LogP contribution in [0.4, 0.5) is 14.9 Å². The number of amides is 2. The summed E-state index contributed by atoms with van der Waals surface area (Å²) in [5.41, 5.74) is 7.66. The molecule has 0 bridgehead atoms. The Morgan fingerprint density at radius 3 is 2.52 bits per heavy atom.